The lowest BCUT2D eigenvalue weighted by molar-refractivity contribution is 2.29. The van der Waals surface area contributed by atoms with Crippen LogP contribution in [0.3, 0.4) is 0 Å². The van der Waals surface area contributed by atoms with Gasteiger partial charge >= 0.3 is 0 Å². The Balaban J connectivity index is 2.63. The molecule has 0 aromatic heterocycles. The van der Waals surface area contributed by atoms with Crippen LogP contribution < -0.4 is 0 Å². The average molecular weight is 145 g/mol. The molecule has 7 radical (unpaired) electrons. The van der Waals surface area contributed by atoms with Crippen molar-refractivity contribution < 1.29 is 0 Å². The summed E-state index contributed by atoms with van der Waals surface area (Å²) in [5.74, 6) is 0. The van der Waals surface area contributed by atoms with Crippen LogP contribution in [-0.4, -0.2) is 40.3 Å². The molecule has 0 aromatic carbocycles. The maximum atomic E-state index is 3.45. The summed E-state index contributed by atoms with van der Waals surface area (Å²) in [6.45, 7) is 4.61. The van der Waals surface area contributed by atoms with E-state index in [0.29, 0.717) is 7.47 Å². The van der Waals surface area contributed by atoms with Crippen LogP contribution in [0.15, 0.2) is 0 Å². The second kappa shape index (κ2) is 4.25. The first-order valence-corrected chi connectivity index (χ1v) is 9.20. The lowest BCUT2D eigenvalue weighted by atomic mass is 11.9. The number of rotatable bonds is 2. The Morgan fingerprint density at radius 2 is 2.00 bits per heavy atom. The average Bonchev–Trinajstić information content (AvgIpc) is 1.35. The molecule has 0 aliphatic carbocycles. The van der Waals surface area contributed by atoms with E-state index in [4.69, 9.17) is 0 Å². The standard InChI is InChI=1S/C2H6PSi3/c1-3(2)5-6-4/h1-2H3. The fourth-order valence-electron chi connectivity index (χ4n) is 0.112. The minimum atomic E-state index is 0.391. The molecule has 0 saturated carbocycles. The Bertz CT molecular complexity index is 30.0. The van der Waals surface area contributed by atoms with Gasteiger partial charge in [-0.2, -0.15) is 0 Å². The first-order chi connectivity index (χ1) is 2.77. The van der Waals surface area contributed by atoms with Gasteiger partial charge in [-0.15, -0.1) is 7.47 Å². The molecule has 0 aromatic rings. The molecule has 0 rings (SSSR count). The maximum Gasteiger partial charge on any atom is 0.0540 e. The highest BCUT2D eigenvalue weighted by Crippen LogP contribution is 2.18. The molecule has 0 N–H and O–H groups in total. The van der Waals surface area contributed by atoms with E-state index in [1.165, 1.54) is 8.70 Å². The summed E-state index contributed by atoms with van der Waals surface area (Å²) in [5, 5.41) is 0. The molecular formula is C2H6PSi3. The molecule has 0 amide bonds. The molecule has 0 heterocycles. The molecule has 0 nitrogen and oxygen atoms in total. The summed E-state index contributed by atoms with van der Waals surface area (Å²) in [6.07, 6.45) is 0. The van der Waals surface area contributed by atoms with E-state index in [1.54, 1.807) is 0 Å². The highest BCUT2D eigenvalue weighted by Gasteiger charge is 1.87. The summed E-state index contributed by atoms with van der Waals surface area (Å²) < 4.78 is 0. The topological polar surface area (TPSA) is 0 Å². The monoisotopic (exact) mass is 145 g/mol. The van der Waals surface area contributed by atoms with Gasteiger partial charge in [0.15, 0.2) is 0 Å². The first kappa shape index (κ1) is 7.08. The highest BCUT2D eigenvalue weighted by molar-refractivity contribution is 7.93. The van der Waals surface area contributed by atoms with Crippen molar-refractivity contribution in [2.45, 2.75) is 0 Å². The van der Waals surface area contributed by atoms with E-state index in [2.05, 4.69) is 23.1 Å². The van der Waals surface area contributed by atoms with Crippen LogP contribution in [0.2, 0.25) is 0 Å². The second-order valence-corrected chi connectivity index (χ2v) is 11.8. The third-order valence-corrected chi connectivity index (χ3v) is 10.6. The molecule has 0 fully saturated rings. The minimum absolute atomic E-state index is 0.391. The van der Waals surface area contributed by atoms with Gasteiger partial charge in [0.1, 0.15) is 0 Å². The van der Waals surface area contributed by atoms with Crippen LogP contribution in [0.5, 0.6) is 0 Å². The van der Waals surface area contributed by atoms with Gasteiger partial charge in [0, 0.05) is 18.3 Å². The highest BCUT2D eigenvalue weighted by atomic mass is 31.4. The summed E-state index contributed by atoms with van der Waals surface area (Å²) in [4.78, 5) is 0. The van der Waals surface area contributed by atoms with Gasteiger partial charge in [-0.1, -0.05) is 0 Å². The molecular weight excluding hydrogens is 139 g/mol. The van der Waals surface area contributed by atoms with Crippen LogP contribution in [-0.2, 0) is 0 Å². The maximum absolute atomic E-state index is 3.45. The quantitative estimate of drug-likeness (QED) is 0.380. The Hall–Kier alpha value is 1.08. The van der Waals surface area contributed by atoms with Gasteiger partial charge in [-0.05, 0) is 13.3 Å². The number of hydrogen-bond donors (Lipinski definition) is 0. The van der Waals surface area contributed by atoms with Crippen molar-refractivity contribution in [3.8, 4) is 0 Å². The predicted molar refractivity (Wildman–Crippen MR) is 36.0 cm³/mol. The van der Waals surface area contributed by atoms with E-state index >= 15 is 0 Å². The number of hydrogen-bond acceptors (Lipinski definition) is 0. The fraction of sp³-hybridized carbons (Fsp3) is 1.00. The van der Waals surface area contributed by atoms with Gasteiger partial charge in [0.25, 0.3) is 0 Å². The van der Waals surface area contributed by atoms with Crippen molar-refractivity contribution >= 4 is 34.5 Å². The largest absolute Gasteiger partial charge is 0.133 e. The molecule has 0 aliphatic rings. The van der Waals surface area contributed by atoms with Crippen molar-refractivity contribution in [2.75, 3.05) is 13.3 Å². The van der Waals surface area contributed by atoms with Gasteiger partial charge < -0.3 is 0 Å². The second-order valence-electron chi connectivity index (χ2n) is 1.13. The summed E-state index contributed by atoms with van der Waals surface area (Å²) in [7, 11) is 6.02. The predicted octanol–water partition coefficient (Wildman–Crippen LogP) is 0.0498. The van der Waals surface area contributed by atoms with Gasteiger partial charge in [0.2, 0.25) is 0 Å². The van der Waals surface area contributed by atoms with Crippen LogP contribution in [0.4, 0.5) is 0 Å². The normalized spacial score (nSPS) is 10.0. The van der Waals surface area contributed by atoms with Crippen LogP contribution in [0.1, 0.15) is 0 Å². The Kier molecular flexibility index (Phi) is 5.01. The molecule has 0 atom stereocenters. The summed E-state index contributed by atoms with van der Waals surface area (Å²) >= 11 is 0. The van der Waals surface area contributed by atoms with Gasteiger partial charge in [-0.25, -0.2) is 0 Å². The zero-order valence-corrected chi connectivity index (χ0v) is 7.84. The van der Waals surface area contributed by atoms with Crippen molar-refractivity contribution in [3.63, 3.8) is 0 Å². The van der Waals surface area contributed by atoms with Crippen LogP contribution in [0, 0.1) is 0 Å². The van der Waals surface area contributed by atoms with Crippen LogP contribution >= 0.6 is 7.47 Å². The first-order valence-electron chi connectivity index (χ1n) is 1.62. The van der Waals surface area contributed by atoms with E-state index < -0.39 is 0 Å². The lowest BCUT2D eigenvalue weighted by Crippen LogP contribution is -1.98. The van der Waals surface area contributed by atoms with Gasteiger partial charge in [0.05, 0.1) is 8.70 Å². The van der Waals surface area contributed by atoms with Crippen molar-refractivity contribution in [2.24, 2.45) is 0 Å². The van der Waals surface area contributed by atoms with Gasteiger partial charge in [-0.3, -0.25) is 0 Å². The summed E-state index contributed by atoms with van der Waals surface area (Å²) in [6, 6.07) is 0. The SMILES string of the molecule is CP(C)[Si][Si][Si]. The molecule has 0 saturated heterocycles. The Morgan fingerprint density at radius 1 is 1.50 bits per heavy atom. The van der Waals surface area contributed by atoms with E-state index in [9.17, 15) is 0 Å². The van der Waals surface area contributed by atoms with E-state index in [0.717, 1.165) is 8.55 Å². The molecule has 4 heteroatoms. The third-order valence-electron chi connectivity index (χ3n) is 0.280. The zero-order valence-electron chi connectivity index (χ0n) is 3.95. The Labute approximate surface area is 48.4 Å². The molecule has 6 heavy (non-hydrogen) atoms. The molecule has 31 valence electrons. The fourth-order valence-corrected chi connectivity index (χ4v) is 9.06. The third kappa shape index (κ3) is 5.08. The lowest BCUT2D eigenvalue weighted by Gasteiger charge is -1.95. The smallest absolute Gasteiger partial charge is 0.0540 e. The van der Waals surface area contributed by atoms with Crippen molar-refractivity contribution in [1.82, 2.24) is 0 Å². The Morgan fingerprint density at radius 3 is 2.00 bits per heavy atom. The molecule has 0 aliphatic heterocycles. The van der Waals surface area contributed by atoms with Crippen LogP contribution in [0.25, 0.3) is 0 Å². The molecule has 0 spiro atoms. The van der Waals surface area contributed by atoms with E-state index in [-0.39, 0.29) is 0 Å². The minimum Gasteiger partial charge on any atom is -0.133 e. The summed E-state index contributed by atoms with van der Waals surface area (Å²) in [5.41, 5.74) is 0. The zero-order chi connectivity index (χ0) is 4.99. The molecule has 0 bridgehead atoms. The van der Waals surface area contributed by atoms with Crippen molar-refractivity contribution in [1.29, 1.82) is 0 Å². The van der Waals surface area contributed by atoms with Crippen molar-refractivity contribution in [3.05, 3.63) is 0 Å². The van der Waals surface area contributed by atoms with E-state index in [1.807, 2.05) is 0 Å². The molecule has 0 unspecified atom stereocenters.